The summed E-state index contributed by atoms with van der Waals surface area (Å²) in [6.45, 7) is 1.64. The van der Waals surface area contributed by atoms with Crippen LogP contribution in [0.25, 0.3) is 16.6 Å². The highest BCUT2D eigenvalue weighted by Crippen LogP contribution is 2.64. The Labute approximate surface area is 511 Å². The molecular weight excluding hydrogens is 1090 g/mol. The number of ether oxygens (including phenoxy) is 4. The molecule has 8 bridgehead atoms. The van der Waals surface area contributed by atoms with Crippen LogP contribution < -0.4 is 15.4 Å². The number of aromatic nitrogens is 1. The Balaban J connectivity index is 0.918. The number of hydrogen-bond acceptors (Lipinski definition) is 12. The number of phenolic OH excluding ortho intramolecular Hbond substituents is 3. The van der Waals surface area contributed by atoms with Crippen LogP contribution in [-0.2, 0) is 71.4 Å². The lowest BCUT2D eigenvalue weighted by Crippen LogP contribution is -2.64. The Morgan fingerprint density at radius 3 is 2.51 bits per heavy atom. The molecule has 6 aromatic rings. The summed E-state index contributed by atoms with van der Waals surface area (Å²) >= 11 is 0. The number of fused-ring (bicyclic) bond motifs is 4. The Morgan fingerprint density at radius 1 is 0.793 bits per heavy atom. The fraction of sp³-hybridized carbons (Fsp3) is 0.486. The highest BCUT2D eigenvalue weighted by molar-refractivity contribution is 5.89. The molecule has 456 valence electrons. The van der Waals surface area contributed by atoms with E-state index in [1.165, 1.54) is 41.5 Å². The topological polar surface area (TPSA) is 187 Å². The average Bonchev–Trinajstić information content (AvgIpc) is 1.04. The van der Waals surface area contributed by atoms with E-state index in [2.05, 4.69) is 81.9 Å². The first-order valence-corrected chi connectivity index (χ1v) is 32.6. The molecule has 1 saturated heterocycles. The Hall–Kier alpha value is -6.60. The standard InChI is InChI=1S/C74H85N3O10/c78-28-7-29-84-45-75-69-37-51-18-16-46(14-15-47-17-24-65(81)53(30-47)31-48-9-4-12-59(80)32-48)8-5-13-60-38-66(82)52-20-23-61-62(35-52)55(41-79)36-67(83)71(61)86-42-56-34-58(33-54-39-77(40-63(54)56)72(76-69)64(51)44-85-60)74-57-22-19-49-10-6-11-50(70(49)74)21-25-68(74)73(87-43-57)26-2-1-3-27-73/h4,6,9-12,17,24,30,32-34,36-37,39-40,46,52,57,60,66,68-69,75-76,78-83H,1-3,5,7-8,13-15,19-23,25-29,31,35,38,41-45H2/t46-,52+,57+,60-,66-,68-,69?,74-/m0/s1. The molecule has 9 aliphatic rings. The van der Waals surface area contributed by atoms with Crippen LogP contribution in [0, 0.1) is 35.5 Å². The van der Waals surface area contributed by atoms with Crippen LogP contribution in [-0.4, -0.2) is 92.3 Å². The van der Waals surface area contributed by atoms with E-state index in [-0.39, 0.29) is 85.3 Å². The molecule has 1 spiro atoms. The van der Waals surface area contributed by atoms with E-state index in [4.69, 9.17) is 18.9 Å². The van der Waals surface area contributed by atoms with Crippen molar-refractivity contribution in [3.05, 3.63) is 170 Å². The van der Waals surface area contributed by atoms with Crippen molar-refractivity contribution in [2.75, 3.05) is 33.2 Å². The Kier molecular flexibility index (Phi) is 16.5. The van der Waals surface area contributed by atoms with Gasteiger partial charge in [-0.25, -0.2) is 0 Å². The molecule has 13 nitrogen and oxygen atoms in total. The number of rotatable bonds is 13. The number of phenols is 3. The molecule has 6 heterocycles. The highest BCUT2D eigenvalue weighted by Gasteiger charge is 2.63. The van der Waals surface area contributed by atoms with Gasteiger partial charge in [0.25, 0.3) is 0 Å². The smallest absolute Gasteiger partial charge is 0.164 e. The van der Waals surface area contributed by atoms with E-state index >= 15 is 0 Å². The zero-order valence-electron chi connectivity index (χ0n) is 50.1. The molecule has 1 unspecified atom stereocenters. The second-order valence-corrected chi connectivity index (χ2v) is 26.5. The molecule has 5 aromatic carbocycles. The van der Waals surface area contributed by atoms with Crippen LogP contribution in [0.15, 0.2) is 108 Å². The summed E-state index contributed by atoms with van der Waals surface area (Å²) in [7, 11) is 0. The number of aliphatic hydroxyl groups excluding tert-OH is 3. The van der Waals surface area contributed by atoms with Crippen molar-refractivity contribution < 1.29 is 49.6 Å². The van der Waals surface area contributed by atoms with Gasteiger partial charge in [0.15, 0.2) is 11.5 Å². The van der Waals surface area contributed by atoms with Crippen LogP contribution >= 0.6 is 0 Å². The number of hydrogen-bond donors (Lipinski definition) is 8. The number of benzene rings is 5. The van der Waals surface area contributed by atoms with Crippen molar-refractivity contribution in [2.24, 2.45) is 23.7 Å². The highest BCUT2D eigenvalue weighted by atomic mass is 16.5. The van der Waals surface area contributed by atoms with Gasteiger partial charge in [0.2, 0.25) is 0 Å². The third-order valence-corrected chi connectivity index (χ3v) is 21.5. The number of dihydropyridines is 1. The lowest BCUT2D eigenvalue weighted by Gasteiger charge is -2.63. The predicted molar refractivity (Wildman–Crippen MR) is 335 cm³/mol. The maximum atomic E-state index is 12.4. The molecule has 4 aliphatic carbocycles. The molecule has 2 fully saturated rings. The van der Waals surface area contributed by atoms with Gasteiger partial charge in [-0.2, -0.15) is 0 Å². The summed E-state index contributed by atoms with van der Waals surface area (Å²) in [5.74, 6) is 9.79. The van der Waals surface area contributed by atoms with E-state index < -0.39 is 12.3 Å². The molecule has 87 heavy (non-hydrogen) atoms. The normalized spacial score (nSPS) is 26.4. The average molecular weight is 1180 g/mol. The van der Waals surface area contributed by atoms with Gasteiger partial charge >= 0.3 is 0 Å². The number of nitrogens with one attached hydrogen (secondary N) is 2. The number of aromatic hydroxyl groups is 3. The van der Waals surface area contributed by atoms with E-state index in [1.807, 2.05) is 18.2 Å². The maximum Gasteiger partial charge on any atom is 0.164 e. The second kappa shape index (κ2) is 24.8. The zero-order chi connectivity index (χ0) is 59.2. The van der Waals surface area contributed by atoms with Gasteiger partial charge in [-0.15, -0.1) is 0 Å². The van der Waals surface area contributed by atoms with Gasteiger partial charge in [0.05, 0.1) is 51.0 Å². The number of aliphatic hydroxyl groups is 3. The van der Waals surface area contributed by atoms with Crippen LogP contribution in [0.2, 0.25) is 0 Å². The van der Waals surface area contributed by atoms with E-state index in [9.17, 15) is 30.6 Å². The fourth-order valence-electron chi connectivity index (χ4n) is 17.3. The minimum atomic E-state index is -0.690. The molecule has 0 amide bonds. The van der Waals surface area contributed by atoms with E-state index in [1.54, 1.807) is 24.3 Å². The molecule has 0 radical (unpaired) electrons. The monoisotopic (exact) mass is 1180 g/mol. The molecular formula is C74H85N3O10. The van der Waals surface area contributed by atoms with Gasteiger partial charge in [-0.3, -0.25) is 5.32 Å². The zero-order valence-corrected chi connectivity index (χ0v) is 50.1. The summed E-state index contributed by atoms with van der Waals surface area (Å²) in [6.07, 6.45) is 22.5. The Bertz CT molecular complexity index is 3660. The largest absolute Gasteiger partial charge is 0.508 e. The molecule has 8 N–H and O–H groups in total. The van der Waals surface area contributed by atoms with Crippen molar-refractivity contribution in [3.63, 3.8) is 0 Å². The van der Waals surface area contributed by atoms with Crippen LogP contribution in [0.5, 0.6) is 23.0 Å². The van der Waals surface area contributed by atoms with Crippen LogP contribution in [0.3, 0.4) is 0 Å². The number of aryl methyl sites for hydroxylation is 3. The summed E-state index contributed by atoms with van der Waals surface area (Å²) in [5.41, 5.74) is 13.5. The first-order chi connectivity index (χ1) is 42.6. The minimum Gasteiger partial charge on any atom is -0.508 e. The van der Waals surface area contributed by atoms with Gasteiger partial charge in [0, 0.05) is 70.2 Å². The van der Waals surface area contributed by atoms with E-state index in [0.29, 0.717) is 62.4 Å². The van der Waals surface area contributed by atoms with Crippen molar-refractivity contribution >= 4 is 16.6 Å². The summed E-state index contributed by atoms with van der Waals surface area (Å²) in [5, 5.41) is 75.7. The summed E-state index contributed by atoms with van der Waals surface area (Å²) in [6, 6.07) is 26.8. The van der Waals surface area contributed by atoms with Gasteiger partial charge in [0.1, 0.15) is 30.1 Å². The molecule has 8 atom stereocenters. The van der Waals surface area contributed by atoms with Crippen molar-refractivity contribution in [1.29, 1.82) is 0 Å². The molecule has 13 heteroatoms. The van der Waals surface area contributed by atoms with Gasteiger partial charge < -0.3 is 59.5 Å². The lowest BCUT2D eigenvalue weighted by molar-refractivity contribution is -0.193. The second-order valence-electron chi connectivity index (χ2n) is 26.5. The van der Waals surface area contributed by atoms with Crippen molar-refractivity contribution in [3.8, 4) is 34.8 Å². The molecule has 1 saturated carbocycles. The molecule has 15 rings (SSSR count). The summed E-state index contributed by atoms with van der Waals surface area (Å²) < 4.78 is 29.9. The van der Waals surface area contributed by atoms with Crippen molar-refractivity contribution in [2.45, 2.75) is 171 Å². The fourth-order valence-corrected chi connectivity index (χ4v) is 17.3. The van der Waals surface area contributed by atoms with E-state index in [0.717, 1.165) is 138 Å². The van der Waals surface area contributed by atoms with Crippen molar-refractivity contribution in [1.82, 2.24) is 15.2 Å². The first-order valence-electron chi connectivity index (χ1n) is 32.6. The van der Waals surface area contributed by atoms with Gasteiger partial charge in [-0.1, -0.05) is 79.6 Å². The van der Waals surface area contributed by atoms with Crippen LogP contribution in [0.4, 0.5) is 0 Å². The lowest BCUT2D eigenvalue weighted by atomic mass is 9.45. The maximum absolute atomic E-state index is 12.4. The molecule has 1 aromatic heterocycles. The first kappa shape index (κ1) is 58.1. The molecule has 5 aliphatic heterocycles. The van der Waals surface area contributed by atoms with Crippen LogP contribution in [0.1, 0.15) is 151 Å². The number of nitrogens with zero attached hydrogens (tertiary/aromatic N) is 1. The predicted octanol–water partition coefficient (Wildman–Crippen LogP) is 11.2. The third-order valence-electron chi connectivity index (χ3n) is 21.5. The minimum absolute atomic E-state index is 0.0158. The SMILES string of the molecule is OCCCOCNC1C=C2C#C[C@H](CCc3ccc(O)c(Cc4cccc(O)c4)c3)CCC[C@H]3C[C@H](O)[C@@H]4CCc5c(c(CO)cc(O)c5OCc5cc([C@]67c8c9cccc8CC[C@H]6C6(CCCCC6)OC[C@H]7CC9)cc6cn(cc56)C(=C2CO3)N1)C4. The Morgan fingerprint density at radius 2 is 1.66 bits per heavy atom. The van der Waals surface area contributed by atoms with Gasteiger partial charge in [-0.05, 0) is 207 Å². The third kappa shape index (κ3) is 11.2. The quantitative estimate of drug-likeness (QED) is 0.0311. The summed E-state index contributed by atoms with van der Waals surface area (Å²) in [4.78, 5) is 0.